The summed E-state index contributed by atoms with van der Waals surface area (Å²) in [4.78, 5) is 26.7. The van der Waals surface area contributed by atoms with Gasteiger partial charge in [-0.1, -0.05) is 56.0 Å². The number of anilines is 1. The molecule has 34 heavy (non-hydrogen) atoms. The topological polar surface area (TPSA) is 81.2 Å². The van der Waals surface area contributed by atoms with Crippen molar-refractivity contribution >= 4 is 17.6 Å². The van der Waals surface area contributed by atoms with Crippen molar-refractivity contribution in [3.05, 3.63) is 54.4 Å². The molecule has 2 aromatic rings. The third-order valence-corrected chi connectivity index (χ3v) is 8.32. The minimum Gasteiger partial charge on any atom is -0.455 e. The number of aromatic nitrogens is 2. The molecule has 2 bridgehead atoms. The number of nitrogens with one attached hydrogen (secondary N) is 1. The van der Waals surface area contributed by atoms with E-state index < -0.39 is 5.41 Å². The number of fused-ring (bicyclic) bond motifs is 3. The van der Waals surface area contributed by atoms with Crippen molar-refractivity contribution in [1.29, 1.82) is 0 Å². The van der Waals surface area contributed by atoms with Gasteiger partial charge in [0.1, 0.15) is 6.54 Å². The van der Waals surface area contributed by atoms with Crippen molar-refractivity contribution in [3.8, 4) is 0 Å². The van der Waals surface area contributed by atoms with Crippen LogP contribution in [0, 0.1) is 5.92 Å². The number of benzene rings is 1. The number of carbonyl (C=O) groups excluding carboxylic acids is 2. The second kappa shape index (κ2) is 9.82. The van der Waals surface area contributed by atoms with E-state index in [1.165, 1.54) is 12.8 Å². The second-order valence-electron chi connectivity index (χ2n) is 10.5. The number of amides is 1. The monoisotopic (exact) mass is 463 g/mol. The van der Waals surface area contributed by atoms with Crippen molar-refractivity contribution in [3.63, 3.8) is 0 Å². The Morgan fingerprint density at radius 3 is 2.41 bits per heavy atom. The zero-order chi connectivity index (χ0) is 23.4. The lowest BCUT2D eigenvalue weighted by atomic mass is 9.74. The van der Waals surface area contributed by atoms with E-state index in [1.54, 1.807) is 18.5 Å². The zero-order valence-corrected chi connectivity index (χ0v) is 19.8. The van der Waals surface area contributed by atoms with Crippen molar-refractivity contribution in [2.45, 2.75) is 62.9 Å². The highest BCUT2D eigenvalue weighted by atomic mass is 16.5. The molecule has 1 atom stereocenters. The van der Waals surface area contributed by atoms with Gasteiger partial charge in [0.05, 0.1) is 36.6 Å². The standard InChI is InChI=1S/C27H34N4O3/c32-25(30-23-10-15-28-29-18-23)20-31-16-11-21(12-17-31)24(19-31)34-26(33)27(13-6-1-2-7-14-27)22-8-4-3-5-9-22/h3-5,8-10,15,18,21,24H,1-2,6-7,11-14,16-17,19-20H2/p+1/t21?,24-,31?/m0/s1. The van der Waals surface area contributed by atoms with Gasteiger partial charge in [-0.15, -0.1) is 0 Å². The van der Waals surface area contributed by atoms with Crippen LogP contribution < -0.4 is 5.32 Å². The van der Waals surface area contributed by atoms with Gasteiger partial charge in [0, 0.05) is 18.8 Å². The van der Waals surface area contributed by atoms with E-state index in [0.717, 1.165) is 63.7 Å². The highest BCUT2D eigenvalue weighted by Crippen LogP contribution is 2.42. The van der Waals surface area contributed by atoms with E-state index in [9.17, 15) is 9.59 Å². The molecular weight excluding hydrogens is 428 g/mol. The molecule has 1 amide bonds. The summed E-state index contributed by atoms with van der Waals surface area (Å²) in [5.74, 6) is 0.322. The van der Waals surface area contributed by atoms with Crippen LogP contribution in [0.1, 0.15) is 56.9 Å². The lowest BCUT2D eigenvalue weighted by Gasteiger charge is -2.52. The normalized spacial score (nSPS) is 28.0. The minimum absolute atomic E-state index is 0.0250. The summed E-state index contributed by atoms with van der Waals surface area (Å²) >= 11 is 0. The van der Waals surface area contributed by atoms with Gasteiger partial charge in [0.15, 0.2) is 12.6 Å². The minimum atomic E-state index is -0.541. The molecule has 1 aromatic heterocycles. The molecule has 6 rings (SSSR count). The van der Waals surface area contributed by atoms with Gasteiger partial charge in [-0.3, -0.25) is 9.59 Å². The first-order valence-corrected chi connectivity index (χ1v) is 12.8. The maximum Gasteiger partial charge on any atom is 0.317 e. The van der Waals surface area contributed by atoms with Gasteiger partial charge >= 0.3 is 5.97 Å². The molecule has 1 aliphatic carbocycles. The van der Waals surface area contributed by atoms with Crippen LogP contribution >= 0.6 is 0 Å². The van der Waals surface area contributed by atoms with E-state index in [4.69, 9.17) is 4.74 Å². The molecule has 4 aliphatic rings. The van der Waals surface area contributed by atoms with Gasteiger partial charge in [0.25, 0.3) is 5.91 Å². The highest BCUT2D eigenvalue weighted by molar-refractivity contribution is 5.91. The van der Waals surface area contributed by atoms with Crippen LogP contribution in [0.5, 0.6) is 0 Å². The first kappa shape index (κ1) is 23.0. The van der Waals surface area contributed by atoms with Crippen LogP contribution in [0.15, 0.2) is 48.8 Å². The molecule has 4 heterocycles. The van der Waals surface area contributed by atoms with Gasteiger partial charge < -0.3 is 14.5 Å². The lowest BCUT2D eigenvalue weighted by molar-refractivity contribution is -0.939. The van der Waals surface area contributed by atoms with Crippen LogP contribution in [-0.4, -0.2) is 58.8 Å². The SMILES string of the molecule is O=C(C[N+]12CCC(CC1)[C@@H](OC(=O)C1(c3ccccc3)CCCCCC1)C2)Nc1ccnnc1. The molecule has 1 aromatic carbocycles. The highest BCUT2D eigenvalue weighted by Gasteiger charge is 2.51. The molecule has 3 saturated heterocycles. The Bertz CT molecular complexity index is 981. The summed E-state index contributed by atoms with van der Waals surface area (Å²) in [7, 11) is 0. The summed E-state index contributed by atoms with van der Waals surface area (Å²) in [5, 5.41) is 10.5. The Balaban J connectivity index is 1.30. The fourth-order valence-corrected chi connectivity index (χ4v) is 6.40. The molecule has 7 heteroatoms. The van der Waals surface area contributed by atoms with E-state index in [-0.39, 0.29) is 18.0 Å². The predicted molar refractivity (Wildman–Crippen MR) is 129 cm³/mol. The smallest absolute Gasteiger partial charge is 0.317 e. The Hall–Kier alpha value is -2.80. The molecule has 7 nitrogen and oxygen atoms in total. The third-order valence-electron chi connectivity index (χ3n) is 8.32. The zero-order valence-electron chi connectivity index (χ0n) is 19.8. The van der Waals surface area contributed by atoms with Crippen LogP contribution in [0.4, 0.5) is 5.69 Å². The van der Waals surface area contributed by atoms with Gasteiger partial charge in [-0.05, 0) is 24.5 Å². The molecule has 0 unspecified atom stereocenters. The number of ether oxygens (including phenoxy) is 1. The largest absolute Gasteiger partial charge is 0.455 e. The van der Waals surface area contributed by atoms with Crippen molar-refractivity contribution in [1.82, 2.24) is 10.2 Å². The molecule has 0 radical (unpaired) electrons. The van der Waals surface area contributed by atoms with Crippen LogP contribution in [0.25, 0.3) is 0 Å². The van der Waals surface area contributed by atoms with E-state index in [0.29, 0.717) is 22.6 Å². The van der Waals surface area contributed by atoms with Crippen LogP contribution in [-0.2, 0) is 19.7 Å². The number of hydrogen-bond donors (Lipinski definition) is 1. The molecule has 0 spiro atoms. The average molecular weight is 464 g/mol. The van der Waals surface area contributed by atoms with E-state index >= 15 is 0 Å². The lowest BCUT2D eigenvalue weighted by Crippen LogP contribution is -2.66. The molecule has 4 fully saturated rings. The Morgan fingerprint density at radius 1 is 1.00 bits per heavy atom. The second-order valence-corrected chi connectivity index (χ2v) is 10.5. The number of piperidine rings is 3. The van der Waals surface area contributed by atoms with Crippen LogP contribution in [0.2, 0.25) is 0 Å². The summed E-state index contributed by atoms with van der Waals surface area (Å²) in [6.07, 6.45) is 11.2. The number of carbonyl (C=O) groups is 2. The summed E-state index contributed by atoms with van der Waals surface area (Å²) in [6, 6.07) is 12.0. The van der Waals surface area contributed by atoms with Gasteiger partial charge in [0.2, 0.25) is 0 Å². The number of esters is 1. The first-order valence-electron chi connectivity index (χ1n) is 12.8. The van der Waals surface area contributed by atoms with Gasteiger partial charge in [-0.2, -0.15) is 10.2 Å². The number of quaternary nitrogens is 1. The molecule has 180 valence electrons. The predicted octanol–water partition coefficient (Wildman–Crippen LogP) is 3.86. The molecular formula is C27H35N4O3+. The maximum absolute atomic E-state index is 13.9. The van der Waals surface area contributed by atoms with Crippen molar-refractivity contribution < 1.29 is 18.8 Å². The average Bonchev–Trinajstić information content (AvgIpc) is 3.13. The summed E-state index contributed by atoms with van der Waals surface area (Å²) in [5.41, 5.74) is 1.21. The number of rotatable bonds is 6. The summed E-state index contributed by atoms with van der Waals surface area (Å²) in [6.45, 7) is 3.05. The summed E-state index contributed by atoms with van der Waals surface area (Å²) < 4.78 is 7.09. The Labute approximate surface area is 201 Å². The van der Waals surface area contributed by atoms with Gasteiger partial charge in [-0.25, -0.2) is 0 Å². The fraction of sp³-hybridized carbons (Fsp3) is 0.556. The molecule has 1 saturated carbocycles. The van der Waals surface area contributed by atoms with E-state index in [2.05, 4.69) is 27.6 Å². The van der Waals surface area contributed by atoms with Crippen LogP contribution in [0.3, 0.4) is 0 Å². The maximum atomic E-state index is 13.9. The quantitative estimate of drug-likeness (QED) is 0.400. The Kier molecular flexibility index (Phi) is 6.63. The number of hydrogen-bond acceptors (Lipinski definition) is 5. The third kappa shape index (κ3) is 4.71. The number of nitrogens with zero attached hydrogens (tertiary/aromatic N) is 3. The molecule has 1 N–H and O–H groups in total. The first-order chi connectivity index (χ1) is 16.6. The fourth-order valence-electron chi connectivity index (χ4n) is 6.40. The van der Waals surface area contributed by atoms with Crippen molar-refractivity contribution in [2.75, 3.05) is 31.5 Å². The van der Waals surface area contributed by atoms with Crippen molar-refractivity contribution in [2.24, 2.45) is 5.92 Å². The molecule has 3 aliphatic heterocycles. The Morgan fingerprint density at radius 2 is 1.74 bits per heavy atom. The van der Waals surface area contributed by atoms with E-state index in [1.807, 2.05) is 18.2 Å².